The number of ether oxygens (including phenoxy) is 1. The number of hydrogen-bond acceptors (Lipinski definition) is 2. The van der Waals surface area contributed by atoms with Crippen molar-refractivity contribution in [3.05, 3.63) is 30.3 Å². The SMILES string of the molecule is CCCCCCCCCCCCCCCCC(Oc1ccccc1)C(=O)O.[NaH]. The van der Waals surface area contributed by atoms with Crippen molar-refractivity contribution in [3.63, 3.8) is 0 Å². The van der Waals surface area contributed by atoms with Gasteiger partial charge in [0.2, 0.25) is 0 Å². The second-order valence-corrected chi connectivity index (χ2v) is 7.64. The van der Waals surface area contributed by atoms with Gasteiger partial charge in [-0.1, -0.05) is 109 Å². The van der Waals surface area contributed by atoms with Crippen molar-refractivity contribution < 1.29 is 14.6 Å². The molecular weight excluding hydrogens is 359 g/mol. The number of para-hydroxylation sites is 1. The van der Waals surface area contributed by atoms with Crippen molar-refractivity contribution in [1.29, 1.82) is 0 Å². The molecule has 0 saturated carbocycles. The van der Waals surface area contributed by atoms with E-state index < -0.39 is 12.1 Å². The van der Waals surface area contributed by atoms with Crippen LogP contribution in [-0.2, 0) is 4.79 Å². The summed E-state index contributed by atoms with van der Waals surface area (Å²) in [7, 11) is 0. The fourth-order valence-corrected chi connectivity index (χ4v) is 3.42. The molecular formula is C24H41NaO3. The van der Waals surface area contributed by atoms with Crippen LogP contribution in [0.3, 0.4) is 0 Å². The minimum atomic E-state index is -0.867. The maximum absolute atomic E-state index is 11.3. The van der Waals surface area contributed by atoms with E-state index in [-0.39, 0.29) is 29.6 Å². The van der Waals surface area contributed by atoms with Crippen LogP contribution in [0, 0.1) is 0 Å². The Labute approximate surface area is 194 Å². The summed E-state index contributed by atoms with van der Waals surface area (Å²) in [5, 5.41) is 9.31. The summed E-state index contributed by atoms with van der Waals surface area (Å²) in [6.45, 7) is 2.27. The van der Waals surface area contributed by atoms with Crippen LogP contribution in [0.2, 0.25) is 0 Å². The molecule has 0 aromatic heterocycles. The molecule has 0 bridgehead atoms. The average Bonchev–Trinajstić information content (AvgIpc) is 2.68. The Hall–Kier alpha value is -0.510. The van der Waals surface area contributed by atoms with Gasteiger partial charge in [-0.25, -0.2) is 4.79 Å². The Morgan fingerprint density at radius 3 is 1.64 bits per heavy atom. The molecule has 1 rings (SSSR count). The van der Waals surface area contributed by atoms with Crippen molar-refractivity contribution in [1.82, 2.24) is 0 Å². The van der Waals surface area contributed by atoms with Crippen LogP contribution in [0.15, 0.2) is 30.3 Å². The molecule has 4 heteroatoms. The van der Waals surface area contributed by atoms with Gasteiger partial charge in [0.05, 0.1) is 0 Å². The first-order valence-corrected chi connectivity index (χ1v) is 11.2. The van der Waals surface area contributed by atoms with Crippen LogP contribution in [0.1, 0.15) is 103 Å². The van der Waals surface area contributed by atoms with E-state index in [1.54, 1.807) is 12.1 Å². The Bertz CT molecular complexity index is 464. The molecule has 0 aliphatic rings. The number of hydrogen-bond donors (Lipinski definition) is 1. The molecule has 28 heavy (non-hydrogen) atoms. The van der Waals surface area contributed by atoms with Crippen molar-refractivity contribution in [2.75, 3.05) is 0 Å². The van der Waals surface area contributed by atoms with Crippen LogP contribution in [-0.4, -0.2) is 46.7 Å². The number of benzene rings is 1. The number of carbonyl (C=O) groups is 1. The van der Waals surface area contributed by atoms with Gasteiger partial charge in [0.25, 0.3) is 0 Å². The second-order valence-electron chi connectivity index (χ2n) is 7.64. The molecule has 0 aliphatic carbocycles. The Kier molecular flexibility index (Phi) is 19.4. The van der Waals surface area contributed by atoms with Crippen molar-refractivity contribution in [2.24, 2.45) is 0 Å². The van der Waals surface area contributed by atoms with E-state index in [4.69, 9.17) is 4.74 Å². The molecule has 1 atom stereocenters. The zero-order valence-electron chi connectivity index (χ0n) is 17.3. The predicted octanol–water partition coefficient (Wildman–Crippen LogP) is 6.74. The van der Waals surface area contributed by atoms with E-state index in [0.717, 1.165) is 12.8 Å². The quantitative estimate of drug-likeness (QED) is 0.219. The number of carboxylic acid groups (broad SMARTS) is 1. The fraction of sp³-hybridized carbons (Fsp3) is 0.708. The predicted molar refractivity (Wildman–Crippen MR) is 121 cm³/mol. The molecule has 156 valence electrons. The van der Waals surface area contributed by atoms with E-state index >= 15 is 0 Å². The molecule has 0 amide bonds. The van der Waals surface area contributed by atoms with Crippen molar-refractivity contribution in [2.45, 2.75) is 109 Å². The maximum atomic E-state index is 11.3. The molecule has 0 saturated heterocycles. The van der Waals surface area contributed by atoms with Gasteiger partial charge in [-0.15, -0.1) is 0 Å². The van der Waals surface area contributed by atoms with Crippen LogP contribution in [0.25, 0.3) is 0 Å². The summed E-state index contributed by atoms with van der Waals surface area (Å²) in [5.41, 5.74) is 0. The minimum absolute atomic E-state index is 0. The monoisotopic (exact) mass is 400 g/mol. The van der Waals surface area contributed by atoms with Crippen LogP contribution in [0.5, 0.6) is 5.75 Å². The second kappa shape index (κ2) is 19.8. The first-order valence-electron chi connectivity index (χ1n) is 11.2. The average molecular weight is 401 g/mol. The molecule has 1 aromatic rings. The molecule has 1 aromatic carbocycles. The third kappa shape index (κ3) is 15.4. The normalized spacial score (nSPS) is 11.6. The molecule has 0 radical (unpaired) electrons. The van der Waals surface area contributed by atoms with Crippen LogP contribution >= 0.6 is 0 Å². The van der Waals surface area contributed by atoms with Crippen molar-refractivity contribution >= 4 is 35.5 Å². The summed E-state index contributed by atoms with van der Waals surface area (Å²) in [5.74, 6) is -0.233. The molecule has 0 spiro atoms. The van der Waals surface area contributed by atoms with E-state index in [0.29, 0.717) is 12.2 Å². The summed E-state index contributed by atoms with van der Waals surface area (Å²) in [6.07, 6.45) is 18.1. The van der Waals surface area contributed by atoms with E-state index in [9.17, 15) is 9.90 Å². The summed E-state index contributed by atoms with van der Waals surface area (Å²) < 4.78 is 5.59. The molecule has 1 N–H and O–H groups in total. The third-order valence-electron chi connectivity index (χ3n) is 5.12. The van der Waals surface area contributed by atoms with E-state index in [2.05, 4.69) is 6.92 Å². The van der Waals surface area contributed by atoms with Gasteiger partial charge in [0.1, 0.15) is 5.75 Å². The zero-order valence-corrected chi connectivity index (χ0v) is 17.3. The van der Waals surface area contributed by atoms with Gasteiger partial charge in [-0.05, 0) is 25.0 Å². The van der Waals surface area contributed by atoms with Gasteiger partial charge in [0.15, 0.2) is 6.10 Å². The summed E-state index contributed by atoms with van der Waals surface area (Å²) in [4.78, 5) is 11.3. The van der Waals surface area contributed by atoms with Gasteiger partial charge in [0, 0.05) is 0 Å². The van der Waals surface area contributed by atoms with Gasteiger partial charge < -0.3 is 9.84 Å². The summed E-state index contributed by atoms with van der Waals surface area (Å²) >= 11 is 0. The van der Waals surface area contributed by atoms with E-state index in [1.807, 2.05) is 18.2 Å². The molecule has 0 heterocycles. The Morgan fingerprint density at radius 2 is 1.21 bits per heavy atom. The van der Waals surface area contributed by atoms with Gasteiger partial charge in [-0.2, -0.15) is 0 Å². The number of aliphatic carboxylic acids is 1. The molecule has 1 unspecified atom stereocenters. The Morgan fingerprint density at radius 1 is 0.786 bits per heavy atom. The summed E-state index contributed by atoms with van der Waals surface area (Å²) in [6, 6.07) is 9.24. The van der Waals surface area contributed by atoms with Crippen LogP contribution < -0.4 is 4.74 Å². The van der Waals surface area contributed by atoms with Crippen LogP contribution in [0.4, 0.5) is 0 Å². The Balaban J connectivity index is 0.00000729. The third-order valence-corrected chi connectivity index (χ3v) is 5.12. The topological polar surface area (TPSA) is 46.5 Å². The van der Waals surface area contributed by atoms with E-state index in [1.165, 1.54) is 77.0 Å². The van der Waals surface area contributed by atoms with Gasteiger partial charge >= 0.3 is 35.5 Å². The van der Waals surface area contributed by atoms with Crippen molar-refractivity contribution in [3.8, 4) is 5.75 Å². The number of rotatable bonds is 18. The first kappa shape index (κ1) is 27.5. The number of unbranched alkanes of at least 4 members (excludes halogenated alkanes) is 13. The zero-order chi connectivity index (χ0) is 19.6. The fourth-order valence-electron chi connectivity index (χ4n) is 3.42. The van der Waals surface area contributed by atoms with Gasteiger partial charge in [-0.3, -0.25) is 0 Å². The molecule has 0 fully saturated rings. The standard InChI is InChI=1S/C24H40O3.Na.H/c1-2-3-4-5-6-7-8-9-10-11-12-13-14-18-21-23(24(25)26)27-22-19-16-15-17-20-22;;/h15-17,19-20,23H,2-14,18,21H2,1H3,(H,25,26);;. The molecule has 3 nitrogen and oxygen atoms in total. The first-order chi connectivity index (χ1) is 13.2. The molecule has 0 aliphatic heterocycles. The number of carboxylic acids is 1.